The third-order valence-corrected chi connectivity index (χ3v) is 7.70. The number of carbonyl (C=O) groups excluding carboxylic acids is 2. The molecule has 2 aromatic heterocycles. The summed E-state index contributed by atoms with van der Waals surface area (Å²) in [5, 5.41) is 24.5. The van der Waals surface area contributed by atoms with Gasteiger partial charge in [0.1, 0.15) is 5.01 Å². The number of aromatic nitrogens is 3. The quantitative estimate of drug-likeness (QED) is 0.224. The Morgan fingerprint density at radius 3 is 2.54 bits per heavy atom. The highest BCUT2D eigenvalue weighted by atomic mass is 32.1. The lowest BCUT2D eigenvalue weighted by molar-refractivity contribution is 0.0784. The van der Waals surface area contributed by atoms with Crippen molar-refractivity contribution >= 4 is 23.2 Å². The van der Waals surface area contributed by atoms with E-state index in [9.17, 15) is 14.7 Å². The smallest absolute Gasteiger partial charge is 0.254 e. The molecule has 0 radical (unpaired) electrons. The molecule has 2 atom stereocenters. The fourth-order valence-electron chi connectivity index (χ4n) is 4.59. The van der Waals surface area contributed by atoms with Crippen molar-refractivity contribution in [2.75, 3.05) is 13.6 Å². The van der Waals surface area contributed by atoms with E-state index in [1.165, 1.54) is 11.3 Å². The van der Waals surface area contributed by atoms with Crippen molar-refractivity contribution in [2.24, 2.45) is 0 Å². The highest BCUT2D eigenvalue weighted by Gasteiger charge is 2.24. The number of nitrogens with one attached hydrogen (secondary N) is 2. The molecular formula is C31H38N6O3S. The molecule has 2 heterocycles. The Bertz CT molecular complexity index is 1450. The van der Waals surface area contributed by atoms with E-state index in [2.05, 4.69) is 20.7 Å². The molecule has 2 amide bonds. The lowest BCUT2D eigenvalue weighted by atomic mass is 9.99. The third kappa shape index (κ3) is 8.56. The van der Waals surface area contributed by atoms with E-state index in [4.69, 9.17) is 0 Å². The highest BCUT2D eigenvalue weighted by molar-refractivity contribution is 7.09. The van der Waals surface area contributed by atoms with Gasteiger partial charge in [-0.2, -0.15) is 5.10 Å². The van der Waals surface area contributed by atoms with Crippen LogP contribution in [-0.2, 0) is 26.1 Å². The number of rotatable bonds is 13. The summed E-state index contributed by atoms with van der Waals surface area (Å²) in [4.78, 5) is 32.8. The Morgan fingerprint density at radius 2 is 1.85 bits per heavy atom. The van der Waals surface area contributed by atoms with Crippen LogP contribution in [0.3, 0.4) is 0 Å². The molecule has 0 aliphatic rings. The maximum absolute atomic E-state index is 13.5. The SMILES string of the molecule is CCn1cc(CNC[C@@H](O)[C@H](Cc2ccccc2)NC(=O)c2cc(C)cc(C(=O)N(C)Cc3nc(C)cs3)c2)cn1. The number of aliphatic hydroxyl groups is 1. The molecule has 0 aliphatic heterocycles. The van der Waals surface area contributed by atoms with Crippen molar-refractivity contribution in [3.8, 4) is 0 Å². The van der Waals surface area contributed by atoms with Gasteiger partial charge in [0.05, 0.1) is 24.9 Å². The van der Waals surface area contributed by atoms with E-state index in [-0.39, 0.29) is 18.4 Å². The zero-order valence-corrected chi connectivity index (χ0v) is 24.8. The Labute approximate surface area is 245 Å². The average molecular weight is 575 g/mol. The molecular weight excluding hydrogens is 536 g/mol. The second kappa shape index (κ2) is 14.2. The minimum absolute atomic E-state index is 0.188. The normalized spacial score (nSPS) is 12.6. The van der Waals surface area contributed by atoms with Crippen LogP contribution in [0.1, 0.15) is 55.0 Å². The van der Waals surface area contributed by atoms with Crippen LogP contribution >= 0.6 is 11.3 Å². The molecule has 0 spiro atoms. The number of thiazole rings is 1. The molecule has 9 nitrogen and oxygen atoms in total. The molecule has 0 aliphatic carbocycles. The molecule has 4 rings (SSSR count). The third-order valence-electron chi connectivity index (χ3n) is 6.74. The number of carbonyl (C=O) groups is 2. The van der Waals surface area contributed by atoms with Crippen LogP contribution in [0, 0.1) is 13.8 Å². The molecule has 0 fully saturated rings. The minimum Gasteiger partial charge on any atom is -0.390 e. The van der Waals surface area contributed by atoms with E-state index < -0.39 is 12.1 Å². The van der Waals surface area contributed by atoms with Gasteiger partial charge < -0.3 is 20.6 Å². The van der Waals surface area contributed by atoms with Gasteiger partial charge in [0.2, 0.25) is 0 Å². The van der Waals surface area contributed by atoms with Gasteiger partial charge in [0, 0.05) is 60.6 Å². The predicted molar refractivity (Wildman–Crippen MR) is 161 cm³/mol. The van der Waals surface area contributed by atoms with Gasteiger partial charge in [-0.05, 0) is 56.5 Å². The minimum atomic E-state index is -0.848. The Balaban J connectivity index is 1.45. The van der Waals surface area contributed by atoms with Crippen LogP contribution in [0.2, 0.25) is 0 Å². The second-order valence-electron chi connectivity index (χ2n) is 10.3. The summed E-state index contributed by atoms with van der Waals surface area (Å²) >= 11 is 1.52. The number of benzene rings is 2. The van der Waals surface area contributed by atoms with E-state index in [1.807, 2.05) is 67.4 Å². The van der Waals surface area contributed by atoms with Gasteiger partial charge in [-0.15, -0.1) is 11.3 Å². The zero-order valence-electron chi connectivity index (χ0n) is 24.0. The molecule has 41 heavy (non-hydrogen) atoms. The van der Waals surface area contributed by atoms with E-state index >= 15 is 0 Å². The maximum Gasteiger partial charge on any atom is 0.254 e. The molecule has 0 unspecified atom stereocenters. The van der Waals surface area contributed by atoms with Crippen molar-refractivity contribution in [3.63, 3.8) is 0 Å². The average Bonchev–Trinajstić information content (AvgIpc) is 3.60. The van der Waals surface area contributed by atoms with Gasteiger partial charge in [0.15, 0.2) is 0 Å². The molecule has 3 N–H and O–H groups in total. The standard InChI is InChI=1S/C31H38N6O3S/c1-5-37-18-24(16-33-37)15-32-17-28(38)27(13-23-9-7-6-8-10-23)35-30(39)25-11-21(2)12-26(14-25)31(40)36(4)19-29-34-22(3)20-41-29/h6-12,14,16,18,20,27-28,32,38H,5,13,15,17,19H2,1-4H3,(H,35,39)/t27-,28+/m0/s1. The van der Waals surface area contributed by atoms with Gasteiger partial charge in [-0.25, -0.2) is 4.98 Å². The van der Waals surface area contributed by atoms with Crippen LogP contribution in [0.4, 0.5) is 0 Å². The number of hydrogen-bond donors (Lipinski definition) is 3. The summed E-state index contributed by atoms with van der Waals surface area (Å²) in [5.74, 6) is -0.530. The first-order valence-electron chi connectivity index (χ1n) is 13.7. The first-order valence-corrected chi connectivity index (χ1v) is 14.6. The van der Waals surface area contributed by atoms with Crippen LogP contribution in [0.15, 0.2) is 66.3 Å². The van der Waals surface area contributed by atoms with Crippen LogP contribution in [0.5, 0.6) is 0 Å². The molecule has 10 heteroatoms. The lowest BCUT2D eigenvalue weighted by Gasteiger charge is -2.25. The van der Waals surface area contributed by atoms with Gasteiger partial charge in [-0.1, -0.05) is 30.3 Å². The highest BCUT2D eigenvalue weighted by Crippen LogP contribution is 2.16. The number of aliphatic hydroxyl groups excluding tert-OH is 1. The van der Waals surface area contributed by atoms with Gasteiger partial charge in [-0.3, -0.25) is 14.3 Å². The fraction of sp³-hybridized carbons (Fsp3) is 0.355. The summed E-state index contributed by atoms with van der Waals surface area (Å²) in [6, 6.07) is 14.4. The number of nitrogens with zero attached hydrogens (tertiary/aromatic N) is 4. The first-order chi connectivity index (χ1) is 19.7. The monoisotopic (exact) mass is 574 g/mol. The van der Waals surface area contributed by atoms with Crippen LogP contribution in [0.25, 0.3) is 0 Å². The van der Waals surface area contributed by atoms with Gasteiger partial charge >= 0.3 is 0 Å². The lowest BCUT2D eigenvalue weighted by Crippen LogP contribution is -2.48. The summed E-state index contributed by atoms with van der Waals surface area (Å²) in [6.45, 7) is 7.84. The van der Waals surface area contributed by atoms with Crippen molar-refractivity contribution < 1.29 is 14.7 Å². The fourth-order valence-corrected chi connectivity index (χ4v) is 5.41. The molecule has 2 aromatic carbocycles. The molecule has 216 valence electrons. The maximum atomic E-state index is 13.5. The van der Waals surface area contributed by atoms with Crippen molar-refractivity contribution in [2.45, 2.75) is 59.0 Å². The summed E-state index contributed by atoms with van der Waals surface area (Å²) in [6.07, 6.45) is 3.38. The molecule has 0 bridgehead atoms. The number of amides is 2. The van der Waals surface area contributed by atoms with Crippen LogP contribution < -0.4 is 10.6 Å². The van der Waals surface area contributed by atoms with E-state index in [0.29, 0.717) is 30.6 Å². The second-order valence-corrected chi connectivity index (χ2v) is 11.2. The zero-order chi connectivity index (χ0) is 29.4. The van der Waals surface area contributed by atoms with Crippen LogP contribution in [-0.4, -0.2) is 62.3 Å². The number of aryl methyl sites for hydroxylation is 3. The summed E-state index contributed by atoms with van der Waals surface area (Å²) in [5.41, 5.74) is 4.55. The number of hydrogen-bond acceptors (Lipinski definition) is 7. The van der Waals surface area contributed by atoms with Crippen molar-refractivity contribution in [1.29, 1.82) is 0 Å². The Hall–Kier alpha value is -3.86. The topological polar surface area (TPSA) is 112 Å². The van der Waals surface area contributed by atoms with E-state index in [0.717, 1.165) is 33.9 Å². The summed E-state index contributed by atoms with van der Waals surface area (Å²) < 4.78 is 1.85. The molecule has 0 saturated carbocycles. The Kier molecular flexibility index (Phi) is 10.4. The largest absolute Gasteiger partial charge is 0.390 e. The van der Waals surface area contributed by atoms with Crippen molar-refractivity contribution in [1.82, 2.24) is 30.3 Å². The predicted octanol–water partition coefficient (Wildman–Crippen LogP) is 3.74. The van der Waals surface area contributed by atoms with Crippen molar-refractivity contribution in [3.05, 3.63) is 105 Å². The molecule has 4 aromatic rings. The first kappa shape index (κ1) is 30.1. The molecule has 0 saturated heterocycles. The summed E-state index contributed by atoms with van der Waals surface area (Å²) in [7, 11) is 1.73. The Morgan fingerprint density at radius 1 is 1.10 bits per heavy atom. The van der Waals surface area contributed by atoms with Gasteiger partial charge in [0.25, 0.3) is 11.8 Å². The van der Waals surface area contributed by atoms with E-state index in [1.54, 1.807) is 36.3 Å².